The fraction of sp³-hybridized carbons (Fsp3) is 0.467. The van der Waals surface area contributed by atoms with Crippen molar-refractivity contribution in [2.45, 2.75) is 18.9 Å². The number of aromatic nitrogens is 2. The molecule has 0 radical (unpaired) electrons. The maximum Gasteiger partial charge on any atom is 0.251 e. The maximum atomic E-state index is 12.5. The van der Waals surface area contributed by atoms with Gasteiger partial charge in [-0.05, 0) is 59.9 Å². The number of carbonyl (C=O) groups is 1. The highest BCUT2D eigenvalue weighted by molar-refractivity contribution is 9.10. The molecule has 2 bridgehead atoms. The second-order valence-corrected chi connectivity index (χ2v) is 6.77. The fourth-order valence-electron chi connectivity index (χ4n) is 3.47. The second kappa shape index (κ2) is 5.10. The Morgan fingerprint density at radius 3 is 2.90 bits per heavy atom. The van der Waals surface area contributed by atoms with Gasteiger partial charge in [-0.25, -0.2) is 4.98 Å². The number of piperidine rings is 3. The predicted octanol–water partition coefficient (Wildman–Crippen LogP) is 1.92. The number of halogens is 1. The second-order valence-electron chi connectivity index (χ2n) is 5.96. The summed E-state index contributed by atoms with van der Waals surface area (Å²) < 4.78 is 2.67. The third-order valence-corrected chi connectivity index (χ3v) is 5.05. The van der Waals surface area contributed by atoms with Gasteiger partial charge in [0.15, 0.2) is 0 Å². The van der Waals surface area contributed by atoms with Crippen molar-refractivity contribution >= 4 is 27.5 Å². The van der Waals surface area contributed by atoms with Gasteiger partial charge < -0.3 is 14.6 Å². The summed E-state index contributed by atoms with van der Waals surface area (Å²) in [6.07, 6.45) is 6.16. The van der Waals surface area contributed by atoms with E-state index in [1.165, 1.54) is 25.9 Å². The van der Waals surface area contributed by atoms with E-state index in [1.54, 1.807) is 0 Å². The first kappa shape index (κ1) is 13.3. The quantitative estimate of drug-likeness (QED) is 0.901. The summed E-state index contributed by atoms with van der Waals surface area (Å²) in [6, 6.07) is 3.97. The topological polar surface area (TPSA) is 49.6 Å². The smallest absolute Gasteiger partial charge is 0.251 e. The third-order valence-electron chi connectivity index (χ3n) is 4.67. The lowest BCUT2D eigenvalue weighted by Gasteiger charge is -2.44. The number of nitrogens with one attached hydrogen (secondary N) is 1. The summed E-state index contributed by atoms with van der Waals surface area (Å²) in [5.41, 5.74) is 1.46. The Morgan fingerprint density at radius 2 is 2.19 bits per heavy atom. The molecular formula is C15H17BrN4O. The van der Waals surface area contributed by atoms with Gasteiger partial charge in [-0.3, -0.25) is 4.79 Å². The van der Waals surface area contributed by atoms with E-state index < -0.39 is 0 Å². The van der Waals surface area contributed by atoms with Crippen LogP contribution < -0.4 is 5.32 Å². The van der Waals surface area contributed by atoms with Crippen molar-refractivity contribution in [2.75, 3.05) is 19.6 Å². The van der Waals surface area contributed by atoms with E-state index >= 15 is 0 Å². The molecule has 1 amide bonds. The summed E-state index contributed by atoms with van der Waals surface area (Å²) in [6.45, 7) is 3.36. The molecule has 1 atom stereocenters. The van der Waals surface area contributed by atoms with Crippen molar-refractivity contribution in [3.05, 3.63) is 34.7 Å². The number of carbonyl (C=O) groups excluding carboxylic acids is 1. The lowest BCUT2D eigenvalue weighted by Crippen LogP contribution is -2.57. The van der Waals surface area contributed by atoms with Crippen LogP contribution in [0, 0.1) is 5.92 Å². The SMILES string of the molecule is O=C(NC1CN2CCC1CC2)c1ccn2cc(Br)nc2c1. The number of rotatable bonds is 2. The van der Waals surface area contributed by atoms with Crippen LogP contribution in [0.2, 0.25) is 0 Å². The summed E-state index contributed by atoms with van der Waals surface area (Å²) in [7, 11) is 0. The molecule has 3 aliphatic rings. The highest BCUT2D eigenvalue weighted by Crippen LogP contribution is 2.27. The molecule has 6 heteroatoms. The number of hydrogen-bond acceptors (Lipinski definition) is 3. The highest BCUT2D eigenvalue weighted by atomic mass is 79.9. The third kappa shape index (κ3) is 2.46. The standard InChI is InChI=1S/C15H17BrN4O/c16-13-9-20-6-3-11(7-14(20)18-13)15(21)17-12-8-19-4-1-10(12)2-5-19/h3,6-7,9-10,12H,1-2,4-5,8H2,(H,17,21). The van der Waals surface area contributed by atoms with Crippen molar-refractivity contribution in [2.24, 2.45) is 5.92 Å². The zero-order chi connectivity index (χ0) is 14.4. The van der Waals surface area contributed by atoms with Gasteiger partial charge in [0.05, 0.1) is 0 Å². The monoisotopic (exact) mass is 348 g/mol. The van der Waals surface area contributed by atoms with Crippen LogP contribution in [-0.2, 0) is 0 Å². The van der Waals surface area contributed by atoms with Gasteiger partial charge in [0.1, 0.15) is 10.3 Å². The zero-order valence-electron chi connectivity index (χ0n) is 11.6. The number of amides is 1. The molecule has 0 saturated carbocycles. The Hall–Kier alpha value is -1.40. The summed E-state index contributed by atoms with van der Waals surface area (Å²) >= 11 is 3.35. The van der Waals surface area contributed by atoms with Gasteiger partial charge in [0, 0.05) is 30.5 Å². The van der Waals surface area contributed by atoms with E-state index in [0.29, 0.717) is 17.5 Å². The van der Waals surface area contributed by atoms with Crippen LogP contribution in [0.3, 0.4) is 0 Å². The molecule has 0 spiro atoms. The van der Waals surface area contributed by atoms with Gasteiger partial charge in [0.25, 0.3) is 5.91 Å². The van der Waals surface area contributed by atoms with Crippen LogP contribution >= 0.6 is 15.9 Å². The van der Waals surface area contributed by atoms with Gasteiger partial charge >= 0.3 is 0 Å². The number of fused-ring (bicyclic) bond motifs is 4. The van der Waals surface area contributed by atoms with Crippen molar-refractivity contribution < 1.29 is 4.79 Å². The van der Waals surface area contributed by atoms with Crippen molar-refractivity contribution in [1.82, 2.24) is 19.6 Å². The molecule has 1 unspecified atom stereocenters. The van der Waals surface area contributed by atoms with Crippen molar-refractivity contribution in [3.8, 4) is 0 Å². The van der Waals surface area contributed by atoms with E-state index in [-0.39, 0.29) is 5.91 Å². The van der Waals surface area contributed by atoms with Crippen LogP contribution in [0.15, 0.2) is 29.1 Å². The lowest BCUT2D eigenvalue weighted by molar-refractivity contribution is 0.0620. The van der Waals surface area contributed by atoms with Gasteiger partial charge in [-0.1, -0.05) is 0 Å². The van der Waals surface area contributed by atoms with E-state index in [9.17, 15) is 4.79 Å². The first-order valence-electron chi connectivity index (χ1n) is 7.36. The number of hydrogen-bond donors (Lipinski definition) is 1. The van der Waals surface area contributed by atoms with Crippen LogP contribution in [0.1, 0.15) is 23.2 Å². The molecule has 3 saturated heterocycles. The number of nitrogens with zero attached hydrogens (tertiary/aromatic N) is 3. The molecule has 1 N–H and O–H groups in total. The molecule has 2 aromatic rings. The average molecular weight is 349 g/mol. The highest BCUT2D eigenvalue weighted by Gasteiger charge is 2.34. The van der Waals surface area contributed by atoms with E-state index in [2.05, 4.69) is 31.1 Å². The molecule has 0 aliphatic carbocycles. The molecule has 2 aromatic heterocycles. The average Bonchev–Trinajstić information content (AvgIpc) is 2.87. The largest absolute Gasteiger partial charge is 0.348 e. The Labute approximate surface area is 131 Å². The summed E-state index contributed by atoms with van der Waals surface area (Å²) in [5, 5.41) is 3.21. The predicted molar refractivity (Wildman–Crippen MR) is 83.3 cm³/mol. The van der Waals surface area contributed by atoms with Gasteiger partial charge in [-0.15, -0.1) is 0 Å². The molecule has 5 rings (SSSR count). The van der Waals surface area contributed by atoms with Gasteiger partial charge in [-0.2, -0.15) is 0 Å². The van der Waals surface area contributed by atoms with E-state index in [4.69, 9.17) is 0 Å². The normalized spacial score (nSPS) is 28.0. The van der Waals surface area contributed by atoms with Crippen LogP contribution in [0.5, 0.6) is 0 Å². The lowest BCUT2D eigenvalue weighted by atomic mass is 9.84. The van der Waals surface area contributed by atoms with Gasteiger partial charge in [0.2, 0.25) is 0 Å². The Bertz CT molecular complexity index is 690. The maximum absolute atomic E-state index is 12.5. The minimum Gasteiger partial charge on any atom is -0.348 e. The Balaban J connectivity index is 1.53. The van der Waals surface area contributed by atoms with Crippen molar-refractivity contribution in [1.29, 1.82) is 0 Å². The van der Waals surface area contributed by atoms with Crippen LogP contribution in [0.4, 0.5) is 0 Å². The molecular weight excluding hydrogens is 332 g/mol. The molecule has 0 aromatic carbocycles. The Kier molecular flexibility index (Phi) is 3.23. The van der Waals surface area contributed by atoms with E-state index in [0.717, 1.165) is 16.8 Å². The minimum absolute atomic E-state index is 0.00960. The molecule has 110 valence electrons. The summed E-state index contributed by atoms with van der Waals surface area (Å²) in [5.74, 6) is 0.652. The van der Waals surface area contributed by atoms with Crippen molar-refractivity contribution in [3.63, 3.8) is 0 Å². The summed E-state index contributed by atoms with van der Waals surface area (Å²) in [4.78, 5) is 19.2. The minimum atomic E-state index is 0.00960. The molecule has 5 heterocycles. The van der Waals surface area contributed by atoms with Crippen LogP contribution in [0.25, 0.3) is 5.65 Å². The molecule has 21 heavy (non-hydrogen) atoms. The van der Waals surface area contributed by atoms with E-state index in [1.807, 2.05) is 28.9 Å². The Morgan fingerprint density at radius 1 is 1.38 bits per heavy atom. The number of imidazole rings is 1. The zero-order valence-corrected chi connectivity index (χ0v) is 13.2. The molecule has 3 fully saturated rings. The number of pyridine rings is 1. The first-order chi connectivity index (χ1) is 10.2. The molecule has 5 nitrogen and oxygen atoms in total. The first-order valence-corrected chi connectivity index (χ1v) is 8.16. The fourth-order valence-corrected chi connectivity index (χ4v) is 3.87. The van der Waals surface area contributed by atoms with Crippen LogP contribution in [-0.4, -0.2) is 45.9 Å². The molecule has 3 aliphatic heterocycles.